The van der Waals surface area contributed by atoms with E-state index >= 15 is 0 Å². The van der Waals surface area contributed by atoms with Gasteiger partial charge < -0.3 is 18.9 Å². The third-order valence-electron chi connectivity index (χ3n) is 6.08. The summed E-state index contributed by atoms with van der Waals surface area (Å²) in [5, 5.41) is 1.02. The van der Waals surface area contributed by atoms with Crippen LogP contribution in [0.3, 0.4) is 0 Å². The molecule has 0 bridgehead atoms. The lowest BCUT2D eigenvalue weighted by Gasteiger charge is -2.28. The summed E-state index contributed by atoms with van der Waals surface area (Å²) in [6.45, 7) is 3.12. The summed E-state index contributed by atoms with van der Waals surface area (Å²) < 4.78 is 15.0. The van der Waals surface area contributed by atoms with E-state index in [1.165, 1.54) is 29.3 Å². The number of aryl methyl sites for hydroxylation is 1. The number of rotatable bonds is 6. The normalized spacial score (nSPS) is 13.9. The number of imidazole rings is 1. The van der Waals surface area contributed by atoms with Gasteiger partial charge in [0.15, 0.2) is 11.2 Å². The SMILES string of the molecule is Cn1c(=O)c2c(ncn2CCOC(=O)c2cc(-c3ccccc3)c(N3CCOCC3)s2)n(C)c1=O. The molecule has 0 spiro atoms. The number of benzene rings is 1. The van der Waals surface area contributed by atoms with Crippen LogP contribution in [0.4, 0.5) is 5.00 Å². The first-order valence-corrected chi connectivity index (χ1v) is 12.1. The Morgan fingerprint density at radius 1 is 1.11 bits per heavy atom. The lowest BCUT2D eigenvalue weighted by Crippen LogP contribution is -2.37. The number of aromatic nitrogens is 4. The van der Waals surface area contributed by atoms with Crippen LogP contribution in [0.5, 0.6) is 0 Å². The lowest BCUT2D eigenvalue weighted by atomic mass is 10.1. The van der Waals surface area contributed by atoms with Crippen LogP contribution in [-0.2, 0) is 30.1 Å². The molecule has 4 aromatic rings. The number of nitrogens with zero attached hydrogens (tertiary/aromatic N) is 5. The van der Waals surface area contributed by atoms with Crippen molar-refractivity contribution in [3.63, 3.8) is 0 Å². The highest BCUT2D eigenvalue weighted by molar-refractivity contribution is 7.18. The van der Waals surface area contributed by atoms with E-state index in [2.05, 4.69) is 9.88 Å². The molecular formula is C24H25N5O5S. The van der Waals surface area contributed by atoms with Gasteiger partial charge in [-0.3, -0.25) is 13.9 Å². The summed E-state index contributed by atoms with van der Waals surface area (Å²) in [6, 6.07) is 11.8. The van der Waals surface area contributed by atoms with Crippen molar-refractivity contribution in [2.75, 3.05) is 37.8 Å². The smallest absolute Gasteiger partial charge is 0.348 e. The van der Waals surface area contributed by atoms with Crippen molar-refractivity contribution in [3.05, 3.63) is 68.4 Å². The topological polar surface area (TPSA) is 101 Å². The van der Waals surface area contributed by atoms with Crippen LogP contribution in [0.15, 0.2) is 52.3 Å². The number of carbonyl (C=O) groups is 1. The molecule has 1 fully saturated rings. The molecule has 0 amide bonds. The number of carbonyl (C=O) groups excluding carboxylic acids is 1. The number of ether oxygens (including phenoxy) is 2. The number of hydrogen-bond acceptors (Lipinski definition) is 8. The van der Waals surface area contributed by atoms with E-state index in [1.54, 1.807) is 11.6 Å². The minimum absolute atomic E-state index is 0.0573. The van der Waals surface area contributed by atoms with Crippen LogP contribution in [0, 0.1) is 0 Å². The maximum absolute atomic E-state index is 12.9. The van der Waals surface area contributed by atoms with E-state index in [9.17, 15) is 14.4 Å². The molecule has 1 aromatic carbocycles. The molecule has 1 aliphatic rings. The molecule has 35 heavy (non-hydrogen) atoms. The summed E-state index contributed by atoms with van der Waals surface area (Å²) in [4.78, 5) is 44.6. The molecule has 0 N–H and O–H groups in total. The molecule has 0 atom stereocenters. The molecule has 0 radical (unpaired) electrons. The number of hydrogen-bond donors (Lipinski definition) is 0. The van der Waals surface area contributed by atoms with Crippen LogP contribution in [0.2, 0.25) is 0 Å². The Morgan fingerprint density at radius 2 is 1.86 bits per heavy atom. The quantitative estimate of drug-likeness (QED) is 0.377. The summed E-state index contributed by atoms with van der Waals surface area (Å²) in [7, 11) is 2.99. The zero-order chi connectivity index (χ0) is 24.5. The average molecular weight is 496 g/mol. The van der Waals surface area contributed by atoms with Gasteiger partial charge in [0.05, 0.1) is 31.1 Å². The van der Waals surface area contributed by atoms with Crippen molar-refractivity contribution in [2.45, 2.75) is 6.54 Å². The Kier molecular flexibility index (Phi) is 6.27. The monoisotopic (exact) mass is 495 g/mol. The molecule has 1 saturated heterocycles. The molecule has 0 unspecified atom stereocenters. The van der Waals surface area contributed by atoms with Crippen molar-refractivity contribution < 1.29 is 14.3 Å². The van der Waals surface area contributed by atoms with Gasteiger partial charge in [0.25, 0.3) is 5.56 Å². The first-order valence-electron chi connectivity index (χ1n) is 11.3. The minimum atomic E-state index is -0.442. The molecule has 11 heteroatoms. The zero-order valence-electron chi connectivity index (χ0n) is 19.5. The van der Waals surface area contributed by atoms with Crippen LogP contribution in [0.1, 0.15) is 9.67 Å². The molecular weight excluding hydrogens is 470 g/mol. The van der Waals surface area contributed by atoms with E-state index in [-0.39, 0.29) is 13.2 Å². The predicted octanol–water partition coefficient (Wildman–Crippen LogP) is 1.86. The van der Waals surface area contributed by atoms with Crippen molar-refractivity contribution in [1.82, 2.24) is 18.7 Å². The van der Waals surface area contributed by atoms with Crippen molar-refractivity contribution in [2.24, 2.45) is 14.1 Å². The highest BCUT2D eigenvalue weighted by Crippen LogP contribution is 2.39. The fourth-order valence-electron chi connectivity index (χ4n) is 4.18. The largest absolute Gasteiger partial charge is 0.460 e. The molecule has 5 rings (SSSR count). The Labute approximate surface area is 204 Å². The molecule has 10 nitrogen and oxygen atoms in total. The third kappa shape index (κ3) is 4.28. The number of esters is 1. The molecule has 4 heterocycles. The van der Waals surface area contributed by atoms with Gasteiger partial charge in [0.1, 0.15) is 11.5 Å². The van der Waals surface area contributed by atoms with Gasteiger partial charge in [-0.1, -0.05) is 30.3 Å². The molecule has 0 saturated carbocycles. The van der Waals surface area contributed by atoms with Gasteiger partial charge in [-0.05, 0) is 11.6 Å². The number of fused-ring (bicyclic) bond motifs is 1. The van der Waals surface area contributed by atoms with Gasteiger partial charge in [0.2, 0.25) is 0 Å². The first-order chi connectivity index (χ1) is 17.0. The second kappa shape index (κ2) is 9.51. The fourth-order valence-corrected chi connectivity index (χ4v) is 5.31. The highest BCUT2D eigenvalue weighted by atomic mass is 32.1. The van der Waals surface area contributed by atoms with E-state index in [0.29, 0.717) is 29.3 Å². The summed E-state index contributed by atoms with van der Waals surface area (Å²) in [5.74, 6) is -0.420. The number of anilines is 1. The number of thiophene rings is 1. The van der Waals surface area contributed by atoms with Crippen LogP contribution in [0.25, 0.3) is 22.3 Å². The summed E-state index contributed by atoms with van der Waals surface area (Å²) in [5.41, 5.74) is 1.74. The minimum Gasteiger partial charge on any atom is -0.460 e. The van der Waals surface area contributed by atoms with Crippen LogP contribution >= 0.6 is 11.3 Å². The average Bonchev–Trinajstić information content (AvgIpc) is 3.53. The van der Waals surface area contributed by atoms with Gasteiger partial charge >= 0.3 is 11.7 Å². The summed E-state index contributed by atoms with van der Waals surface area (Å²) >= 11 is 1.41. The molecule has 0 aliphatic carbocycles. The maximum Gasteiger partial charge on any atom is 0.348 e. The zero-order valence-corrected chi connectivity index (χ0v) is 20.3. The second-order valence-electron chi connectivity index (χ2n) is 8.25. The van der Waals surface area contributed by atoms with Crippen LogP contribution < -0.4 is 16.1 Å². The summed E-state index contributed by atoms with van der Waals surface area (Å²) in [6.07, 6.45) is 1.48. The van der Waals surface area contributed by atoms with Gasteiger partial charge in [0, 0.05) is 32.7 Å². The van der Waals surface area contributed by atoms with E-state index < -0.39 is 17.2 Å². The molecule has 1 aliphatic heterocycles. The second-order valence-corrected chi connectivity index (χ2v) is 9.28. The molecule has 3 aromatic heterocycles. The third-order valence-corrected chi connectivity index (χ3v) is 7.26. The van der Waals surface area contributed by atoms with E-state index in [0.717, 1.165) is 33.8 Å². The standard InChI is InChI=1S/C24H25N5O5S/c1-26-20-19(21(30)27(2)24(26)32)29(15-25-20)10-13-34-23(31)18-14-17(16-6-4-3-5-7-16)22(35-18)28-8-11-33-12-9-28/h3-7,14-15H,8-13H2,1-2H3. The Morgan fingerprint density at radius 3 is 2.60 bits per heavy atom. The highest BCUT2D eigenvalue weighted by Gasteiger charge is 2.23. The Hall–Kier alpha value is -3.70. The molecule has 182 valence electrons. The van der Waals surface area contributed by atoms with Gasteiger partial charge in [-0.25, -0.2) is 14.6 Å². The van der Waals surface area contributed by atoms with E-state index in [1.807, 2.05) is 36.4 Å². The van der Waals surface area contributed by atoms with Crippen molar-refractivity contribution >= 4 is 33.5 Å². The predicted molar refractivity (Wildman–Crippen MR) is 133 cm³/mol. The van der Waals surface area contributed by atoms with E-state index in [4.69, 9.17) is 9.47 Å². The van der Waals surface area contributed by atoms with Crippen molar-refractivity contribution in [3.8, 4) is 11.1 Å². The number of morpholine rings is 1. The van der Waals surface area contributed by atoms with Gasteiger partial charge in [-0.15, -0.1) is 11.3 Å². The van der Waals surface area contributed by atoms with Crippen LogP contribution in [-0.4, -0.2) is 57.6 Å². The van der Waals surface area contributed by atoms with Gasteiger partial charge in [-0.2, -0.15) is 0 Å². The maximum atomic E-state index is 12.9. The van der Waals surface area contributed by atoms with Crippen molar-refractivity contribution in [1.29, 1.82) is 0 Å². The lowest BCUT2D eigenvalue weighted by molar-refractivity contribution is 0.0498. The Balaban J connectivity index is 1.36. The first kappa shape index (κ1) is 23.1. The fraction of sp³-hybridized carbons (Fsp3) is 0.333. The Bertz CT molecular complexity index is 1490.